The number of fused-ring (bicyclic) bond motifs is 2. The van der Waals surface area contributed by atoms with Crippen molar-refractivity contribution in [3.8, 4) is 0 Å². The Morgan fingerprint density at radius 1 is 0.867 bits per heavy atom. The molecule has 0 aliphatic carbocycles. The summed E-state index contributed by atoms with van der Waals surface area (Å²) in [4.78, 5) is 4.43. The quantitative estimate of drug-likeness (QED) is 0.496. The van der Waals surface area contributed by atoms with Gasteiger partial charge in [0.25, 0.3) is 0 Å². The summed E-state index contributed by atoms with van der Waals surface area (Å²) in [7, 11) is 0. The van der Waals surface area contributed by atoms with Gasteiger partial charge in [-0.05, 0) is 41.5 Å². The van der Waals surface area contributed by atoms with Crippen LogP contribution in [0.3, 0.4) is 0 Å². The molecule has 0 radical (unpaired) electrons. The summed E-state index contributed by atoms with van der Waals surface area (Å²) in [6.07, 6.45) is 1.91. The zero-order valence-electron chi connectivity index (χ0n) is 8.57. The number of rotatable bonds is 0. The molecule has 0 N–H and O–H groups in total. The van der Waals surface area contributed by atoms with Gasteiger partial charge in [0, 0.05) is 11.6 Å². The van der Waals surface area contributed by atoms with Crippen molar-refractivity contribution in [1.82, 2.24) is 4.98 Å². The molecule has 1 heteroatoms. The third-order valence-electron chi connectivity index (χ3n) is 2.69. The van der Waals surface area contributed by atoms with E-state index in [1.165, 1.54) is 21.7 Å². The summed E-state index contributed by atoms with van der Waals surface area (Å²) >= 11 is 0. The van der Waals surface area contributed by atoms with Crippen molar-refractivity contribution >= 4 is 21.7 Å². The molecule has 0 fully saturated rings. The van der Waals surface area contributed by atoms with Crippen molar-refractivity contribution in [2.45, 2.75) is 6.92 Å². The Morgan fingerprint density at radius 2 is 1.60 bits per heavy atom. The number of benzene rings is 2. The first-order valence-electron chi connectivity index (χ1n) is 5.08. The van der Waals surface area contributed by atoms with Crippen molar-refractivity contribution in [2.24, 2.45) is 0 Å². The molecule has 1 heterocycles. The zero-order chi connectivity index (χ0) is 10.3. The van der Waals surface area contributed by atoms with Crippen molar-refractivity contribution in [1.29, 1.82) is 0 Å². The molecule has 0 aliphatic rings. The third-order valence-corrected chi connectivity index (χ3v) is 2.69. The predicted octanol–water partition coefficient (Wildman–Crippen LogP) is 3.70. The van der Waals surface area contributed by atoms with Crippen LogP contribution in [-0.2, 0) is 0 Å². The van der Waals surface area contributed by atoms with Gasteiger partial charge in [0.05, 0.1) is 5.52 Å². The molecular formula is C14H11N. The Hall–Kier alpha value is -1.89. The highest BCUT2D eigenvalue weighted by atomic mass is 14.6. The van der Waals surface area contributed by atoms with Crippen LogP contribution < -0.4 is 0 Å². The van der Waals surface area contributed by atoms with Gasteiger partial charge in [-0.2, -0.15) is 0 Å². The van der Waals surface area contributed by atoms with E-state index in [9.17, 15) is 0 Å². The average Bonchev–Trinajstić information content (AvgIpc) is 2.26. The van der Waals surface area contributed by atoms with Crippen LogP contribution in [0.2, 0.25) is 0 Å². The smallest absolute Gasteiger partial charge is 0.0708 e. The minimum absolute atomic E-state index is 1.07. The van der Waals surface area contributed by atoms with Crippen LogP contribution in [0.5, 0.6) is 0 Å². The number of nitrogens with zero attached hydrogens (tertiary/aromatic N) is 1. The first-order chi connectivity index (χ1) is 7.33. The van der Waals surface area contributed by atoms with Gasteiger partial charge >= 0.3 is 0 Å². The standard InChI is InChI=1S/C14H11N/c1-10-6-13-7-11-4-2-3-5-12(11)8-14(13)15-9-10/h2-9H,1H3. The lowest BCUT2D eigenvalue weighted by Gasteiger charge is -2.02. The average molecular weight is 193 g/mol. The van der Waals surface area contributed by atoms with Gasteiger partial charge in [0.15, 0.2) is 0 Å². The maximum absolute atomic E-state index is 4.43. The maximum Gasteiger partial charge on any atom is 0.0708 e. The van der Waals surface area contributed by atoms with E-state index >= 15 is 0 Å². The lowest BCUT2D eigenvalue weighted by atomic mass is 10.1. The first kappa shape index (κ1) is 8.42. The van der Waals surface area contributed by atoms with Crippen LogP contribution in [0.1, 0.15) is 5.56 Å². The highest BCUT2D eigenvalue weighted by Gasteiger charge is 1.98. The molecule has 72 valence electrons. The molecule has 0 saturated carbocycles. The van der Waals surface area contributed by atoms with E-state index in [0.717, 1.165) is 5.52 Å². The topological polar surface area (TPSA) is 12.9 Å². The molecule has 0 saturated heterocycles. The van der Waals surface area contributed by atoms with Crippen LogP contribution in [0.25, 0.3) is 21.7 Å². The van der Waals surface area contributed by atoms with Crippen LogP contribution in [-0.4, -0.2) is 4.98 Å². The fourth-order valence-electron chi connectivity index (χ4n) is 1.93. The minimum atomic E-state index is 1.07. The van der Waals surface area contributed by atoms with E-state index in [-0.39, 0.29) is 0 Å². The first-order valence-corrected chi connectivity index (χ1v) is 5.08. The van der Waals surface area contributed by atoms with Gasteiger partial charge in [-0.25, -0.2) is 0 Å². The van der Waals surface area contributed by atoms with Gasteiger partial charge in [-0.3, -0.25) is 4.98 Å². The number of aromatic nitrogens is 1. The Balaban J connectivity index is 2.47. The van der Waals surface area contributed by atoms with Crippen LogP contribution in [0.4, 0.5) is 0 Å². The third kappa shape index (κ3) is 1.37. The second kappa shape index (κ2) is 3.06. The summed E-state index contributed by atoms with van der Waals surface area (Å²) in [5, 5.41) is 3.74. The summed E-state index contributed by atoms with van der Waals surface area (Å²) in [6, 6.07) is 14.9. The fourth-order valence-corrected chi connectivity index (χ4v) is 1.93. The van der Waals surface area contributed by atoms with Crippen molar-refractivity contribution in [3.05, 3.63) is 54.2 Å². The largest absolute Gasteiger partial charge is 0.256 e. The van der Waals surface area contributed by atoms with Crippen LogP contribution >= 0.6 is 0 Å². The van der Waals surface area contributed by atoms with Gasteiger partial charge in [-0.15, -0.1) is 0 Å². The van der Waals surface area contributed by atoms with E-state index in [0.29, 0.717) is 0 Å². The number of hydrogen-bond acceptors (Lipinski definition) is 1. The second-order valence-electron chi connectivity index (χ2n) is 3.90. The highest BCUT2D eigenvalue weighted by molar-refractivity contribution is 5.96. The van der Waals surface area contributed by atoms with E-state index in [1.807, 2.05) is 6.20 Å². The molecule has 0 amide bonds. The second-order valence-corrected chi connectivity index (χ2v) is 3.90. The molecule has 0 spiro atoms. The molecule has 2 aromatic carbocycles. The molecular weight excluding hydrogens is 182 g/mol. The summed E-state index contributed by atoms with van der Waals surface area (Å²) in [5.74, 6) is 0. The lowest BCUT2D eigenvalue weighted by molar-refractivity contribution is 1.34. The Labute approximate surface area is 88.4 Å². The van der Waals surface area contributed by atoms with Gasteiger partial charge in [0.2, 0.25) is 0 Å². The SMILES string of the molecule is Cc1cnc2cc3ccccc3cc2c1. The molecule has 1 aromatic heterocycles. The monoisotopic (exact) mass is 193 g/mol. The van der Waals surface area contributed by atoms with E-state index in [1.54, 1.807) is 0 Å². The number of hydrogen-bond donors (Lipinski definition) is 0. The normalized spacial score (nSPS) is 11.0. The summed E-state index contributed by atoms with van der Waals surface area (Å²) in [5.41, 5.74) is 2.28. The Bertz CT molecular complexity index is 641. The summed E-state index contributed by atoms with van der Waals surface area (Å²) < 4.78 is 0. The molecule has 0 unspecified atom stereocenters. The maximum atomic E-state index is 4.43. The van der Waals surface area contributed by atoms with Crippen molar-refractivity contribution in [3.63, 3.8) is 0 Å². The summed E-state index contributed by atoms with van der Waals surface area (Å²) in [6.45, 7) is 2.07. The molecule has 15 heavy (non-hydrogen) atoms. The van der Waals surface area contributed by atoms with Crippen LogP contribution in [0, 0.1) is 6.92 Å². The van der Waals surface area contributed by atoms with E-state index in [4.69, 9.17) is 0 Å². The molecule has 3 aromatic rings. The molecule has 3 rings (SSSR count). The minimum Gasteiger partial charge on any atom is -0.256 e. The van der Waals surface area contributed by atoms with E-state index < -0.39 is 0 Å². The predicted molar refractivity (Wildman–Crippen MR) is 64.0 cm³/mol. The molecule has 0 aliphatic heterocycles. The Kier molecular flexibility index (Phi) is 1.72. The Morgan fingerprint density at radius 3 is 2.40 bits per heavy atom. The fraction of sp³-hybridized carbons (Fsp3) is 0.0714. The van der Waals surface area contributed by atoms with Gasteiger partial charge in [-0.1, -0.05) is 24.3 Å². The van der Waals surface area contributed by atoms with Gasteiger partial charge in [0.1, 0.15) is 0 Å². The van der Waals surface area contributed by atoms with E-state index in [2.05, 4.69) is 54.4 Å². The zero-order valence-corrected chi connectivity index (χ0v) is 8.57. The van der Waals surface area contributed by atoms with Gasteiger partial charge < -0.3 is 0 Å². The molecule has 0 atom stereocenters. The molecule has 0 bridgehead atoms. The number of aryl methyl sites for hydroxylation is 1. The highest BCUT2D eigenvalue weighted by Crippen LogP contribution is 2.21. The molecule has 1 nitrogen and oxygen atoms in total. The van der Waals surface area contributed by atoms with Crippen LogP contribution in [0.15, 0.2) is 48.7 Å². The van der Waals surface area contributed by atoms with Crippen molar-refractivity contribution in [2.75, 3.05) is 0 Å². The number of pyridine rings is 1. The van der Waals surface area contributed by atoms with Crippen molar-refractivity contribution < 1.29 is 0 Å². The lowest BCUT2D eigenvalue weighted by Crippen LogP contribution is -1.81.